The maximum atomic E-state index is 11.4. The van der Waals surface area contributed by atoms with Gasteiger partial charge >= 0.3 is 5.69 Å². The fourth-order valence-electron chi connectivity index (χ4n) is 1.48. The van der Waals surface area contributed by atoms with Gasteiger partial charge in [-0.05, 0) is 12.1 Å². The highest BCUT2D eigenvalue weighted by Crippen LogP contribution is 2.23. The fourth-order valence-corrected chi connectivity index (χ4v) is 2.11. The lowest BCUT2D eigenvalue weighted by atomic mass is 10.3. The van der Waals surface area contributed by atoms with Gasteiger partial charge in [0.25, 0.3) is 0 Å². The van der Waals surface area contributed by atoms with E-state index in [2.05, 4.69) is 19.9 Å². The van der Waals surface area contributed by atoms with Gasteiger partial charge in [-0.3, -0.25) is 4.98 Å². The summed E-state index contributed by atoms with van der Waals surface area (Å²) in [5.41, 5.74) is 1.49. The Morgan fingerprint density at radius 1 is 1.25 bits per heavy atom. The number of rotatable bonds is 1. The molecule has 0 bridgehead atoms. The van der Waals surface area contributed by atoms with Gasteiger partial charge in [0.15, 0.2) is 0 Å². The summed E-state index contributed by atoms with van der Waals surface area (Å²) in [7, 11) is 0. The van der Waals surface area contributed by atoms with Crippen molar-refractivity contribution in [3.05, 3.63) is 40.4 Å². The van der Waals surface area contributed by atoms with Crippen molar-refractivity contribution in [1.29, 1.82) is 0 Å². The van der Waals surface area contributed by atoms with Gasteiger partial charge in [0.2, 0.25) is 0 Å². The van der Waals surface area contributed by atoms with Gasteiger partial charge in [-0.1, -0.05) is 0 Å². The molecule has 0 spiro atoms. The highest BCUT2D eigenvalue weighted by molar-refractivity contribution is 7.13. The van der Waals surface area contributed by atoms with E-state index in [4.69, 9.17) is 0 Å². The number of H-pyrrole nitrogens is 1. The van der Waals surface area contributed by atoms with Crippen LogP contribution in [0.5, 0.6) is 0 Å². The zero-order valence-electron chi connectivity index (χ0n) is 8.04. The summed E-state index contributed by atoms with van der Waals surface area (Å²) in [6, 6.07) is 3.56. The molecule has 0 radical (unpaired) electrons. The SMILES string of the molecule is O=c1nc(-c2nccs2)c2ncccc2[nH]1. The summed E-state index contributed by atoms with van der Waals surface area (Å²) in [6.45, 7) is 0. The predicted octanol–water partition coefficient (Wildman–Crippen LogP) is 1.44. The number of nitrogens with one attached hydrogen (secondary N) is 1. The number of aromatic amines is 1. The van der Waals surface area contributed by atoms with Crippen LogP contribution < -0.4 is 5.69 Å². The van der Waals surface area contributed by atoms with Crippen LogP contribution in [0.15, 0.2) is 34.7 Å². The highest BCUT2D eigenvalue weighted by atomic mass is 32.1. The van der Waals surface area contributed by atoms with E-state index in [1.54, 1.807) is 24.5 Å². The van der Waals surface area contributed by atoms with Crippen molar-refractivity contribution in [2.75, 3.05) is 0 Å². The Labute approximate surface area is 93.9 Å². The molecule has 5 nitrogen and oxygen atoms in total. The molecule has 0 aliphatic heterocycles. The van der Waals surface area contributed by atoms with Gasteiger partial charge in [0, 0.05) is 17.8 Å². The van der Waals surface area contributed by atoms with Crippen molar-refractivity contribution in [2.24, 2.45) is 0 Å². The lowest BCUT2D eigenvalue weighted by Crippen LogP contribution is -2.11. The summed E-state index contributed by atoms with van der Waals surface area (Å²) in [4.78, 5) is 26.3. The summed E-state index contributed by atoms with van der Waals surface area (Å²) < 4.78 is 0. The molecule has 3 rings (SSSR count). The van der Waals surface area contributed by atoms with E-state index in [0.717, 1.165) is 0 Å². The molecule has 3 heterocycles. The van der Waals surface area contributed by atoms with E-state index in [9.17, 15) is 4.79 Å². The molecule has 3 aromatic heterocycles. The molecule has 0 unspecified atom stereocenters. The molecule has 0 amide bonds. The minimum absolute atomic E-state index is 0.384. The summed E-state index contributed by atoms with van der Waals surface area (Å²) in [5, 5.41) is 2.54. The zero-order chi connectivity index (χ0) is 11.0. The van der Waals surface area contributed by atoms with Gasteiger partial charge < -0.3 is 4.98 Å². The second-order valence-corrected chi connectivity index (χ2v) is 4.02. The van der Waals surface area contributed by atoms with E-state index in [-0.39, 0.29) is 5.69 Å². The van der Waals surface area contributed by atoms with Gasteiger partial charge in [-0.25, -0.2) is 9.78 Å². The second-order valence-electron chi connectivity index (χ2n) is 3.13. The minimum atomic E-state index is -0.384. The smallest absolute Gasteiger partial charge is 0.304 e. The maximum Gasteiger partial charge on any atom is 0.346 e. The van der Waals surface area contributed by atoms with E-state index < -0.39 is 0 Å². The standard InChI is InChI=1S/C10H6N4OS/c15-10-13-6-2-1-3-11-7(6)8(14-10)9-12-4-5-16-9/h1-5H,(H,13,14,15). The highest BCUT2D eigenvalue weighted by Gasteiger charge is 2.10. The quantitative estimate of drug-likeness (QED) is 0.686. The normalized spacial score (nSPS) is 10.8. The van der Waals surface area contributed by atoms with E-state index in [1.807, 2.05) is 5.38 Å². The Kier molecular flexibility index (Phi) is 2.00. The molecule has 0 saturated heterocycles. The third-order valence-corrected chi connectivity index (χ3v) is 2.90. The third kappa shape index (κ3) is 1.40. The average molecular weight is 230 g/mol. The predicted molar refractivity (Wildman–Crippen MR) is 61.3 cm³/mol. The third-order valence-electron chi connectivity index (χ3n) is 2.12. The lowest BCUT2D eigenvalue weighted by molar-refractivity contribution is 1.11. The van der Waals surface area contributed by atoms with Crippen molar-refractivity contribution in [3.63, 3.8) is 0 Å². The Balaban J connectivity index is 2.44. The Morgan fingerprint density at radius 2 is 2.19 bits per heavy atom. The number of hydrogen-bond acceptors (Lipinski definition) is 5. The largest absolute Gasteiger partial charge is 0.346 e. The number of thiazole rings is 1. The van der Waals surface area contributed by atoms with Crippen molar-refractivity contribution in [1.82, 2.24) is 19.9 Å². The van der Waals surface area contributed by atoms with Crippen molar-refractivity contribution in [2.45, 2.75) is 0 Å². The molecular weight excluding hydrogens is 224 g/mol. The van der Waals surface area contributed by atoms with Crippen LogP contribution in [0, 0.1) is 0 Å². The number of hydrogen-bond donors (Lipinski definition) is 1. The van der Waals surface area contributed by atoms with Crippen LogP contribution in [0.1, 0.15) is 0 Å². The zero-order valence-corrected chi connectivity index (χ0v) is 8.86. The van der Waals surface area contributed by atoms with Crippen LogP contribution in [0.25, 0.3) is 21.7 Å². The average Bonchev–Trinajstić information content (AvgIpc) is 2.81. The number of aromatic nitrogens is 4. The fraction of sp³-hybridized carbons (Fsp3) is 0. The van der Waals surface area contributed by atoms with Crippen LogP contribution in [-0.2, 0) is 0 Å². The van der Waals surface area contributed by atoms with E-state index in [0.29, 0.717) is 21.7 Å². The maximum absolute atomic E-state index is 11.4. The molecule has 0 aliphatic carbocycles. The summed E-state index contributed by atoms with van der Waals surface area (Å²) in [5.74, 6) is 0. The molecule has 16 heavy (non-hydrogen) atoms. The van der Waals surface area contributed by atoms with E-state index >= 15 is 0 Å². The molecule has 0 aromatic carbocycles. The van der Waals surface area contributed by atoms with Gasteiger partial charge in [0.1, 0.15) is 16.2 Å². The number of pyridine rings is 1. The van der Waals surface area contributed by atoms with Crippen LogP contribution in [0.3, 0.4) is 0 Å². The van der Waals surface area contributed by atoms with Crippen LogP contribution in [-0.4, -0.2) is 19.9 Å². The van der Waals surface area contributed by atoms with Crippen LogP contribution in [0.4, 0.5) is 0 Å². The van der Waals surface area contributed by atoms with Crippen molar-refractivity contribution in [3.8, 4) is 10.7 Å². The van der Waals surface area contributed by atoms with Crippen LogP contribution >= 0.6 is 11.3 Å². The summed E-state index contributed by atoms with van der Waals surface area (Å²) in [6.07, 6.45) is 3.34. The van der Waals surface area contributed by atoms with Gasteiger partial charge in [-0.2, -0.15) is 4.98 Å². The first kappa shape index (κ1) is 9.17. The van der Waals surface area contributed by atoms with Gasteiger partial charge in [0.05, 0.1) is 5.52 Å². The molecule has 0 fully saturated rings. The molecular formula is C10H6N4OS. The van der Waals surface area contributed by atoms with Crippen molar-refractivity contribution >= 4 is 22.4 Å². The Morgan fingerprint density at radius 3 is 3.00 bits per heavy atom. The monoisotopic (exact) mass is 230 g/mol. The summed E-state index contributed by atoms with van der Waals surface area (Å²) >= 11 is 1.43. The molecule has 0 atom stereocenters. The molecule has 0 saturated carbocycles. The van der Waals surface area contributed by atoms with Crippen molar-refractivity contribution < 1.29 is 0 Å². The van der Waals surface area contributed by atoms with E-state index in [1.165, 1.54) is 11.3 Å². The molecule has 6 heteroatoms. The molecule has 0 aliphatic rings. The van der Waals surface area contributed by atoms with Gasteiger partial charge in [-0.15, -0.1) is 11.3 Å². The Bertz CT molecular complexity index is 689. The number of nitrogens with zero attached hydrogens (tertiary/aromatic N) is 3. The second kappa shape index (κ2) is 3.49. The first-order chi connectivity index (χ1) is 7.84. The minimum Gasteiger partial charge on any atom is -0.304 e. The van der Waals surface area contributed by atoms with Crippen LogP contribution in [0.2, 0.25) is 0 Å². The Hall–Kier alpha value is -2.08. The topological polar surface area (TPSA) is 71.5 Å². The molecule has 3 aromatic rings. The first-order valence-corrected chi connectivity index (χ1v) is 5.47. The number of fused-ring (bicyclic) bond motifs is 1. The molecule has 1 N–H and O–H groups in total. The molecule has 78 valence electrons. The first-order valence-electron chi connectivity index (χ1n) is 4.59. The lowest BCUT2D eigenvalue weighted by Gasteiger charge is -2.00.